The monoisotopic (exact) mass is 328 g/mol. The fraction of sp³-hybridized carbons (Fsp3) is 0.800. The minimum atomic E-state index is 0.0384. The molecular formula is C20H28N2O2. The fourth-order valence-electron chi connectivity index (χ4n) is 7.05. The van der Waals surface area contributed by atoms with Crippen LogP contribution in [-0.2, 0) is 17.6 Å². The number of fused-ring (bicyclic) bond motifs is 6. The van der Waals surface area contributed by atoms with Crippen molar-refractivity contribution in [3.05, 3.63) is 17.5 Å². The van der Waals surface area contributed by atoms with Crippen LogP contribution >= 0.6 is 0 Å². The van der Waals surface area contributed by atoms with Crippen molar-refractivity contribution in [1.82, 2.24) is 10.5 Å². The van der Waals surface area contributed by atoms with E-state index in [-0.39, 0.29) is 11.4 Å². The van der Waals surface area contributed by atoms with Crippen LogP contribution in [0.25, 0.3) is 0 Å². The first-order valence-electron chi connectivity index (χ1n) is 9.73. The van der Waals surface area contributed by atoms with Crippen molar-refractivity contribution >= 4 is 5.91 Å². The second-order valence-corrected chi connectivity index (χ2v) is 9.36. The molecular weight excluding hydrogens is 300 g/mol. The predicted molar refractivity (Wildman–Crippen MR) is 90.2 cm³/mol. The zero-order chi connectivity index (χ0) is 16.5. The Morgan fingerprint density at radius 1 is 1.21 bits per heavy atom. The summed E-state index contributed by atoms with van der Waals surface area (Å²) >= 11 is 0. The second-order valence-electron chi connectivity index (χ2n) is 9.36. The number of nitrogens with one attached hydrogen (secondary N) is 1. The van der Waals surface area contributed by atoms with Gasteiger partial charge in [-0.2, -0.15) is 0 Å². The van der Waals surface area contributed by atoms with E-state index in [1.807, 2.05) is 6.20 Å². The first-order valence-corrected chi connectivity index (χ1v) is 9.73. The third-order valence-electron chi connectivity index (χ3n) is 8.29. The number of rotatable bonds is 0. The van der Waals surface area contributed by atoms with Crippen molar-refractivity contribution in [3.8, 4) is 0 Å². The molecule has 1 aromatic heterocycles. The Morgan fingerprint density at radius 3 is 2.96 bits per heavy atom. The SMILES string of the molecule is C[C@]12Cc3cnoc3C[C@H]1CC[C@@H]1[C@@H]2CC[C@]2(C)NC(=O)CC[C@@H]12. The molecule has 6 atom stereocenters. The fourth-order valence-corrected chi connectivity index (χ4v) is 7.05. The molecule has 2 saturated carbocycles. The van der Waals surface area contributed by atoms with E-state index in [1.54, 1.807) is 0 Å². The van der Waals surface area contributed by atoms with Crippen molar-refractivity contribution < 1.29 is 9.32 Å². The van der Waals surface area contributed by atoms with Gasteiger partial charge in [0.05, 0.1) is 6.20 Å². The highest BCUT2D eigenvalue weighted by molar-refractivity contribution is 5.77. The molecule has 4 heteroatoms. The Bertz CT molecular complexity index is 683. The maximum Gasteiger partial charge on any atom is 0.220 e. The van der Waals surface area contributed by atoms with Gasteiger partial charge < -0.3 is 9.84 Å². The number of aromatic nitrogens is 1. The quantitative estimate of drug-likeness (QED) is 0.793. The second kappa shape index (κ2) is 4.86. The smallest absolute Gasteiger partial charge is 0.220 e. The van der Waals surface area contributed by atoms with Gasteiger partial charge in [0, 0.05) is 23.9 Å². The molecule has 4 nitrogen and oxygen atoms in total. The highest BCUT2D eigenvalue weighted by atomic mass is 16.5. The summed E-state index contributed by atoms with van der Waals surface area (Å²) in [5.74, 6) is 4.36. The van der Waals surface area contributed by atoms with Crippen molar-refractivity contribution in [3.63, 3.8) is 0 Å². The Kier molecular flexibility index (Phi) is 3.03. The van der Waals surface area contributed by atoms with Gasteiger partial charge in [-0.25, -0.2) is 0 Å². The number of carbonyl (C=O) groups excluding carboxylic acids is 1. The zero-order valence-electron chi connectivity index (χ0n) is 14.8. The summed E-state index contributed by atoms with van der Waals surface area (Å²) < 4.78 is 5.50. The van der Waals surface area contributed by atoms with Crippen LogP contribution < -0.4 is 5.32 Å². The maximum absolute atomic E-state index is 12.0. The lowest BCUT2D eigenvalue weighted by molar-refractivity contribution is -0.136. The molecule has 0 radical (unpaired) electrons. The van der Waals surface area contributed by atoms with Crippen LogP contribution in [0.2, 0.25) is 0 Å². The van der Waals surface area contributed by atoms with Gasteiger partial charge in [0.2, 0.25) is 5.91 Å². The van der Waals surface area contributed by atoms with E-state index < -0.39 is 0 Å². The van der Waals surface area contributed by atoms with Gasteiger partial charge >= 0.3 is 0 Å². The third kappa shape index (κ3) is 1.91. The van der Waals surface area contributed by atoms with E-state index in [9.17, 15) is 4.79 Å². The molecule has 0 bridgehead atoms. The van der Waals surface area contributed by atoms with Gasteiger partial charge in [0.15, 0.2) is 0 Å². The molecule has 1 aliphatic heterocycles. The summed E-state index contributed by atoms with van der Waals surface area (Å²) in [6.45, 7) is 4.84. The van der Waals surface area contributed by atoms with Crippen LogP contribution in [0.15, 0.2) is 10.7 Å². The van der Waals surface area contributed by atoms with Crippen molar-refractivity contribution in [2.75, 3.05) is 0 Å². The largest absolute Gasteiger partial charge is 0.361 e. The molecule has 1 aromatic rings. The molecule has 1 N–H and O–H groups in total. The van der Waals surface area contributed by atoms with Crippen LogP contribution in [0.4, 0.5) is 0 Å². The highest BCUT2D eigenvalue weighted by Crippen LogP contribution is 2.61. The normalized spacial score (nSPS) is 47.0. The molecule has 0 aromatic carbocycles. The highest BCUT2D eigenvalue weighted by Gasteiger charge is 2.58. The summed E-state index contributed by atoms with van der Waals surface area (Å²) in [6, 6.07) is 0. The van der Waals surface area contributed by atoms with E-state index in [0.29, 0.717) is 11.3 Å². The van der Waals surface area contributed by atoms with Gasteiger partial charge in [-0.1, -0.05) is 12.1 Å². The van der Waals surface area contributed by atoms with E-state index in [4.69, 9.17) is 4.52 Å². The number of hydrogen-bond acceptors (Lipinski definition) is 3. The number of piperidine rings is 1. The topological polar surface area (TPSA) is 55.1 Å². The van der Waals surface area contributed by atoms with E-state index in [0.717, 1.165) is 55.6 Å². The average Bonchev–Trinajstić information content (AvgIpc) is 2.97. The van der Waals surface area contributed by atoms with Crippen molar-refractivity contribution in [1.29, 1.82) is 0 Å². The molecule has 1 amide bonds. The van der Waals surface area contributed by atoms with Crippen LogP contribution in [0.3, 0.4) is 0 Å². The third-order valence-corrected chi connectivity index (χ3v) is 8.29. The summed E-state index contributed by atoms with van der Waals surface area (Å²) in [4.78, 5) is 12.0. The standard InChI is InChI=1S/C20H28N2O2/c1-19-10-12-11-21-24-17(12)9-13(19)3-4-14-15(19)7-8-20(2)16(14)5-6-18(23)22-20/h11,13-16H,3-10H2,1-2H3,(H,22,23)/t13-,14-,15+,16+,19+,20+/m1/s1. The molecule has 130 valence electrons. The summed E-state index contributed by atoms with van der Waals surface area (Å²) in [5.41, 5.74) is 1.76. The molecule has 5 rings (SSSR count). The minimum absolute atomic E-state index is 0.0384. The van der Waals surface area contributed by atoms with Crippen LogP contribution in [0.1, 0.15) is 63.7 Å². The van der Waals surface area contributed by atoms with E-state index >= 15 is 0 Å². The summed E-state index contributed by atoms with van der Waals surface area (Å²) in [5, 5.41) is 7.42. The molecule has 0 unspecified atom stereocenters. The molecule has 1 saturated heterocycles. The number of nitrogens with zero attached hydrogens (tertiary/aromatic N) is 1. The van der Waals surface area contributed by atoms with E-state index in [1.165, 1.54) is 24.8 Å². The predicted octanol–water partition coefficient (Wildman–Crippen LogP) is 3.50. The minimum Gasteiger partial charge on any atom is -0.361 e. The van der Waals surface area contributed by atoms with Gasteiger partial charge in [-0.05, 0) is 74.5 Å². The lowest BCUT2D eigenvalue weighted by Crippen LogP contribution is -2.63. The van der Waals surface area contributed by atoms with Gasteiger partial charge in [0.25, 0.3) is 0 Å². The summed E-state index contributed by atoms with van der Waals surface area (Å²) in [6.07, 6.45) is 11.0. The Morgan fingerprint density at radius 2 is 2.08 bits per heavy atom. The van der Waals surface area contributed by atoms with Crippen LogP contribution in [0.5, 0.6) is 0 Å². The lowest BCUT2D eigenvalue weighted by Gasteiger charge is -2.61. The van der Waals surface area contributed by atoms with Crippen molar-refractivity contribution in [2.24, 2.45) is 29.1 Å². The number of hydrogen-bond donors (Lipinski definition) is 1. The first kappa shape index (κ1) is 15.0. The van der Waals surface area contributed by atoms with Crippen LogP contribution in [0, 0.1) is 29.1 Å². The Labute approximate surface area is 143 Å². The van der Waals surface area contributed by atoms with Crippen molar-refractivity contribution in [2.45, 2.75) is 70.8 Å². The molecule has 3 fully saturated rings. The van der Waals surface area contributed by atoms with Gasteiger partial charge in [0.1, 0.15) is 5.76 Å². The Balaban J connectivity index is 1.48. The van der Waals surface area contributed by atoms with Gasteiger partial charge in [-0.15, -0.1) is 0 Å². The molecule has 24 heavy (non-hydrogen) atoms. The van der Waals surface area contributed by atoms with Gasteiger partial charge in [-0.3, -0.25) is 4.79 Å². The molecule has 4 aliphatic rings. The number of carbonyl (C=O) groups is 1. The average molecular weight is 328 g/mol. The van der Waals surface area contributed by atoms with E-state index in [2.05, 4.69) is 24.3 Å². The zero-order valence-corrected chi connectivity index (χ0v) is 14.8. The number of amides is 1. The maximum atomic E-state index is 12.0. The molecule has 2 heterocycles. The van der Waals surface area contributed by atoms with Crippen LogP contribution in [-0.4, -0.2) is 16.6 Å². The first-order chi connectivity index (χ1) is 11.5. The summed E-state index contributed by atoms with van der Waals surface area (Å²) in [7, 11) is 0. The Hall–Kier alpha value is -1.32. The lowest BCUT2D eigenvalue weighted by atomic mass is 9.45. The molecule has 0 spiro atoms. The molecule has 3 aliphatic carbocycles.